The molecule has 15 heavy (non-hydrogen) atoms. The van der Waals surface area contributed by atoms with Crippen molar-refractivity contribution in [1.82, 2.24) is 5.48 Å². The molecule has 0 saturated carbocycles. The van der Waals surface area contributed by atoms with Crippen LogP contribution in [0.4, 0.5) is 0 Å². The summed E-state index contributed by atoms with van der Waals surface area (Å²) >= 11 is 11.6. The lowest BCUT2D eigenvalue weighted by molar-refractivity contribution is 0.0535. The fraction of sp³-hybridized carbons (Fsp3) is 0.222. The van der Waals surface area contributed by atoms with Crippen LogP contribution in [0.25, 0.3) is 0 Å². The minimum atomic E-state index is -0.451. The van der Waals surface area contributed by atoms with Gasteiger partial charge in [-0.1, -0.05) is 23.2 Å². The molecule has 1 aromatic carbocycles. The largest absolute Gasteiger partial charge is 0.496 e. The first-order valence-electron chi connectivity index (χ1n) is 3.96. The fourth-order valence-electron chi connectivity index (χ4n) is 1.02. The molecular formula is C9H9Cl2NO3. The van der Waals surface area contributed by atoms with Gasteiger partial charge in [0.25, 0.3) is 5.91 Å². The van der Waals surface area contributed by atoms with Crippen molar-refractivity contribution in [1.29, 1.82) is 0 Å². The van der Waals surface area contributed by atoms with E-state index in [9.17, 15) is 4.79 Å². The highest BCUT2D eigenvalue weighted by atomic mass is 35.5. The first kappa shape index (κ1) is 12.1. The van der Waals surface area contributed by atoms with Crippen LogP contribution in [0.1, 0.15) is 10.4 Å². The average Bonchev–Trinajstić information content (AvgIpc) is 2.21. The molecule has 0 fully saturated rings. The maximum atomic E-state index is 11.5. The Hall–Kier alpha value is -0.970. The monoisotopic (exact) mass is 249 g/mol. The van der Waals surface area contributed by atoms with E-state index < -0.39 is 5.91 Å². The molecule has 0 aromatic heterocycles. The van der Waals surface area contributed by atoms with Crippen LogP contribution in [0.3, 0.4) is 0 Å². The summed E-state index contributed by atoms with van der Waals surface area (Å²) in [5.41, 5.74) is 2.42. The van der Waals surface area contributed by atoms with Gasteiger partial charge >= 0.3 is 0 Å². The van der Waals surface area contributed by atoms with E-state index in [0.717, 1.165) is 0 Å². The number of hydrogen-bond acceptors (Lipinski definition) is 3. The normalized spacial score (nSPS) is 9.87. The molecule has 0 atom stereocenters. The number of ether oxygens (including phenoxy) is 1. The minimum Gasteiger partial charge on any atom is -0.496 e. The van der Waals surface area contributed by atoms with Crippen LogP contribution >= 0.6 is 23.2 Å². The number of halogens is 2. The van der Waals surface area contributed by atoms with Crippen LogP contribution in [0.2, 0.25) is 10.0 Å². The van der Waals surface area contributed by atoms with E-state index in [4.69, 9.17) is 27.9 Å². The molecule has 0 aliphatic rings. The van der Waals surface area contributed by atoms with Crippen LogP contribution < -0.4 is 10.2 Å². The lowest BCUT2D eigenvalue weighted by Crippen LogP contribution is -2.22. The number of methoxy groups -OCH3 is 1. The molecule has 0 aliphatic carbocycles. The molecule has 6 heteroatoms. The Morgan fingerprint density at radius 2 is 1.87 bits per heavy atom. The van der Waals surface area contributed by atoms with Crippen LogP contribution in [0.5, 0.6) is 5.75 Å². The summed E-state index contributed by atoms with van der Waals surface area (Å²) < 4.78 is 4.99. The molecule has 1 aromatic rings. The zero-order valence-electron chi connectivity index (χ0n) is 8.14. The van der Waals surface area contributed by atoms with E-state index in [1.807, 2.05) is 0 Å². The molecule has 1 amide bonds. The molecule has 82 valence electrons. The lowest BCUT2D eigenvalue weighted by atomic mass is 10.2. The summed E-state index contributed by atoms with van der Waals surface area (Å²) in [6.07, 6.45) is 0. The van der Waals surface area contributed by atoms with Crippen LogP contribution in [0.15, 0.2) is 12.1 Å². The Labute approximate surface area is 97.0 Å². The van der Waals surface area contributed by atoms with Crippen molar-refractivity contribution in [2.75, 3.05) is 14.2 Å². The molecule has 1 N–H and O–H groups in total. The zero-order valence-corrected chi connectivity index (χ0v) is 9.65. The standard InChI is InChI=1S/C9H9Cl2NO3/c1-14-8-4-7(11)6(10)3-5(8)9(13)12-15-2/h3-4H,1-2H3,(H,12,13). The van der Waals surface area contributed by atoms with Crippen molar-refractivity contribution in [2.24, 2.45) is 0 Å². The number of hydrogen-bond donors (Lipinski definition) is 1. The van der Waals surface area contributed by atoms with Crippen molar-refractivity contribution < 1.29 is 14.4 Å². The predicted molar refractivity (Wildman–Crippen MR) is 57.5 cm³/mol. The molecule has 0 heterocycles. The van der Waals surface area contributed by atoms with Gasteiger partial charge in [0, 0.05) is 6.07 Å². The molecule has 0 bridgehead atoms. The lowest BCUT2D eigenvalue weighted by Gasteiger charge is -2.09. The molecule has 0 unspecified atom stereocenters. The van der Waals surface area contributed by atoms with Gasteiger partial charge < -0.3 is 4.74 Å². The van der Waals surface area contributed by atoms with Crippen LogP contribution in [-0.4, -0.2) is 20.1 Å². The van der Waals surface area contributed by atoms with E-state index in [1.165, 1.54) is 26.4 Å². The Balaban J connectivity index is 3.15. The van der Waals surface area contributed by atoms with Gasteiger partial charge in [-0.2, -0.15) is 0 Å². The molecule has 0 saturated heterocycles. The zero-order chi connectivity index (χ0) is 11.4. The van der Waals surface area contributed by atoms with Gasteiger partial charge in [-0.15, -0.1) is 0 Å². The van der Waals surface area contributed by atoms with Crippen molar-refractivity contribution in [3.05, 3.63) is 27.7 Å². The first-order chi connectivity index (χ1) is 7.10. The molecule has 4 nitrogen and oxygen atoms in total. The highest BCUT2D eigenvalue weighted by molar-refractivity contribution is 6.42. The fourth-order valence-corrected chi connectivity index (χ4v) is 1.34. The number of rotatable bonds is 3. The van der Waals surface area contributed by atoms with Crippen molar-refractivity contribution >= 4 is 29.1 Å². The maximum absolute atomic E-state index is 11.5. The Morgan fingerprint density at radius 1 is 1.27 bits per heavy atom. The topological polar surface area (TPSA) is 47.6 Å². The van der Waals surface area contributed by atoms with Gasteiger partial charge in [-0.05, 0) is 6.07 Å². The van der Waals surface area contributed by atoms with Crippen molar-refractivity contribution in [2.45, 2.75) is 0 Å². The average molecular weight is 250 g/mol. The van der Waals surface area contributed by atoms with Gasteiger partial charge in [0.15, 0.2) is 0 Å². The van der Waals surface area contributed by atoms with E-state index >= 15 is 0 Å². The van der Waals surface area contributed by atoms with Crippen molar-refractivity contribution in [3.63, 3.8) is 0 Å². The Bertz CT molecular complexity index is 382. The minimum absolute atomic E-state index is 0.258. The summed E-state index contributed by atoms with van der Waals surface area (Å²) in [5, 5.41) is 0.598. The predicted octanol–water partition coefficient (Wildman–Crippen LogP) is 2.29. The number of nitrogens with one attached hydrogen (secondary N) is 1. The van der Waals surface area contributed by atoms with Gasteiger partial charge in [-0.25, -0.2) is 5.48 Å². The molecule has 1 rings (SSSR count). The summed E-state index contributed by atoms with van der Waals surface area (Å²) in [4.78, 5) is 16.0. The van der Waals surface area contributed by atoms with Gasteiger partial charge in [0.1, 0.15) is 5.75 Å². The van der Waals surface area contributed by atoms with Gasteiger partial charge in [-0.3, -0.25) is 9.63 Å². The number of hydroxylamine groups is 1. The van der Waals surface area contributed by atoms with E-state index in [2.05, 4.69) is 10.3 Å². The van der Waals surface area contributed by atoms with E-state index in [1.54, 1.807) is 0 Å². The number of benzene rings is 1. The van der Waals surface area contributed by atoms with E-state index in [-0.39, 0.29) is 10.6 Å². The summed E-state index contributed by atoms with van der Waals surface area (Å²) in [5.74, 6) is -0.119. The Morgan fingerprint density at radius 3 is 2.40 bits per heavy atom. The summed E-state index contributed by atoms with van der Waals surface area (Å²) in [7, 11) is 2.77. The third-order valence-electron chi connectivity index (χ3n) is 1.68. The summed E-state index contributed by atoms with van der Waals surface area (Å²) in [6.45, 7) is 0. The van der Waals surface area contributed by atoms with Crippen LogP contribution in [-0.2, 0) is 4.84 Å². The second-order valence-corrected chi connectivity index (χ2v) is 3.42. The van der Waals surface area contributed by atoms with Crippen LogP contribution in [0, 0.1) is 0 Å². The third-order valence-corrected chi connectivity index (χ3v) is 2.40. The first-order valence-corrected chi connectivity index (χ1v) is 4.72. The molecule has 0 spiro atoms. The van der Waals surface area contributed by atoms with Crippen molar-refractivity contribution in [3.8, 4) is 5.75 Å². The van der Waals surface area contributed by atoms with E-state index in [0.29, 0.717) is 10.8 Å². The second-order valence-electron chi connectivity index (χ2n) is 2.60. The Kier molecular flexibility index (Phi) is 4.20. The van der Waals surface area contributed by atoms with Gasteiger partial charge in [0.05, 0.1) is 29.8 Å². The quantitative estimate of drug-likeness (QED) is 0.837. The third kappa shape index (κ3) is 2.75. The molecular weight excluding hydrogens is 241 g/mol. The smallest absolute Gasteiger partial charge is 0.278 e. The summed E-state index contributed by atoms with van der Waals surface area (Å²) in [6, 6.07) is 2.88. The highest BCUT2D eigenvalue weighted by Crippen LogP contribution is 2.30. The SMILES string of the molecule is CONC(=O)c1cc(Cl)c(Cl)cc1OC. The molecule has 0 radical (unpaired) electrons. The second kappa shape index (κ2) is 5.21. The molecule has 0 aliphatic heterocycles. The van der Waals surface area contributed by atoms with Gasteiger partial charge in [0.2, 0.25) is 0 Å². The number of carbonyl (C=O) groups is 1. The number of amides is 1. The highest BCUT2D eigenvalue weighted by Gasteiger charge is 2.14. The number of carbonyl (C=O) groups excluding carboxylic acids is 1. The maximum Gasteiger partial charge on any atom is 0.278 e.